The summed E-state index contributed by atoms with van der Waals surface area (Å²) in [5, 5.41) is 2.51. The number of hydrogen-bond acceptors (Lipinski definition) is 5. The molecule has 0 radical (unpaired) electrons. The van der Waals surface area contributed by atoms with Crippen molar-refractivity contribution < 1.29 is 19.1 Å². The van der Waals surface area contributed by atoms with E-state index in [2.05, 4.69) is 5.32 Å². The Hall–Kier alpha value is -2.41. The number of carbonyl (C=O) groups is 3. The highest BCUT2D eigenvalue weighted by atomic mass is 16.5. The second-order valence-electron chi connectivity index (χ2n) is 5.10. The van der Waals surface area contributed by atoms with E-state index in [0.29, 0.717) is 12.3 Å². The SMILES string of the molecule is CC(=O)N(C(=O)C(=O)NCC1CCCO1)c1cccc(N)c1. The maximum atomic E-state index is 12.2. The normalized spacial score (nSPS) is 17.0. The van der Waals surface area contributed by atoms with Crippen LogP contribution in [-0.4, -0.2) is 37.0 Å². The van der Waals surface area contributed by atoms with Gasteiger partial charge in [-0.2, -0.15) is 0 Å². The van der Waals surface area contributed by atoms with Crippen LogP contribution in [0.15, 0.2) is 24.3 Å². The van der Waals surface area contributed by atoms with Crippen molar-refractivity contribution in [3.63, 3.8) is 0 Å². The molecule has 1 fully saturated rings. The van der Waals surface area contributed by atoms with Crippen LogP contribution < -0.4 is 16.0 Å². The van der Waals surface area contributed by atoms with Crippen LogP contribution in [-0.2, 0) is 19.1 Å². The van der Waals surface area contributed by atoms with Crippen LogP contribution in [0.4, 0.5) is 11.4 Å². The van der Waals surface area contributed by atoms with Crippen LogP contribution >= 0.6 is 0 Å². The van der Waals surface area contributed by atoms with Crippen molar-refractivity contribution in [3.05, 3.63) is 24.3 Å². The summed E-state index contributed by atoms with van der Waals surface area (Å²) in [5.41, 5.74) is 6.32. The zero-order chi connectivity index (χ0) is 16.1. The Kier molecular flexibility index (Phi) is 5.11. The third kappa shape index (κ3) is 3.82. The molecule has 2 rings (SSSR count). The Morgan fingerprint density at radius 1 is 1.41 bits per heavy atom. The highest BCUT2D eigenvalue weighted by molar-refractivity contribution is 6.45. The molecule has 0 bridgehead atoms. The van der Waals surface area contributed by atoms with E-state index < -0.39 is 17.7 Å². The third-order valence-corrected chi connectivity index (χ3v) is 3.35. The van der Waals surface area contributed by atoms with E-state index in [9.17, 15) is 14.4 Å². The molecular weight excluding hydrogens is 286 g/mol. The molecule has 0 saturated carbocycles. The van der Waals surface area contributed by atoms with Gasteiger partial charge in [0.05, 0.1) is 11.8 Å². The number of anilines is 2. The fourth-order valence-corrected chi connectivity index (χ4v) is 2.29. The van der Waals surface area contributed by atoms with E-state index in [0.717, 1.165) is 17.7 Å². The van der Waals surface area contributed by atoms with Gasteiger partial charge >= 0.3 is 11.8 Å². The average Bonchev–Trinajstić information content (AvgIpc) is 2.97. The van der Waals surface area contributed by atoms with Gasteiger partial charge in [-0.25, -0.2) is 4.90 Å². The van der Waals surface area contributed by atoms with Gasteiger partial charge < -0.3 is 15.8 Å². The first-order valence-electron chi connectivity index (χ1n) is 7.09. The summed E-state index contributed by atoms with van der Waals surface area (Å²) in [5.74, 6) is -2.33. The van der Waals surface area contributed by atoms with Gasteiger partial charge in [0, 0.05) is 25.8 Å². The first kappa shape index (κ1) is 16.0. The first-order valence-corrected chi connectivity index (χ1v) is 7.09. The molecule has 118 valence electrons. The minimum atomic E-state index is -0.934. The molecule has 1 saturated heterocycles. The molecule has 7 nitrogen and oxygen atoms in total. The quantitative estimate of drug-likeness (QED) is 0.623. The number of nitrogen functional groups attached to an aromatic ring is 1. The molecule has 0 spiro atoms. The van der Waals surface area contributed by atoms with Crippen LogP contribution in [0.1, 0.15) is 19.8 Å². The number of amides is 3. The molecule has 1 heterocycles. The molecule has 1 aliphatic heterocycles. The van der Waals surface area contributed by atoms with Crippen LogP contribution in [0.3, 0.4) is 0 Å². The van der Waals surface area contributed by atoms with E-state index in [-0.39, 0.29) is 18.3 Å². The Morgan fingerprint density at radius 3 is 2.77 bits per heavy atom. The van der Waals surface area contributed by atoms with Gasteiger partial charge in [0.25, 0.3) is 0 Å². The second-order valence-corrected chi connectivity index (χ2v) is 5.10. The average molecular weight is 305 g/mol. The monoisotopic (exact) mass is 305 g/mol. The molecule has 1 aromatic rings. The maximum absolute atomic E-state index is 12.2. The predicted octanol–water partition coefficient (Wildman–Crippen LogP) is 0.443. The molecule has 1 atom stereocenters. The Balaban J connectivity index is 2.05. The molecule has 3 amide bonds. The molecule has 1 aliphatic rings. The molecule has 1 aromatic carbocycles. The number of nitrogens with one attached hydrogen (secondary N) is 1. The van der Waals surface area contributed by atoms with Crippen molar-refractivity contribution >= 4 is 29.1 Å². The smallest absolute Gasteiger partial charge is 0.323 e. The number of hydrogen-bond donors (Lipinski definition) is 2. The van der Waals surface area contributed by atoms with Crippen LogP contribution in [0, 0.1) is 0 Å². The first-order chi connectivity index (χ1) is 10.5. The third-order valence-electron chi connectivity index (χ3n) is 3.35. The predicted molar refractivity (Wildman–Crippen MR) is 81.0 cm³/mol. The Labute approximate surface area is 128 Å². The number of nitrogens with zero attached hydrogens (tertiary/aromatic N) is 1. The number of rotatable bonds is 3. The van der Waals surface area contributed by atoms with Gasteiger partial charge in [0.15, 0.2) is 0 Å². The van der Waals surface area contributed by atoms with Gasteiger partial charge in [0.1, 0.15) is 0 Å². The fourth-order valence-electron chi connectivity index (χ4n) is 2.29. The summed E-state index contributed by atoms with van der Waals surface area (Å²) >= 11 is 0. The molecular formula is C15H19N3O4. The molecule has 3 N–H and O–H groups in total. The van der Waals surface area contributed by atoms with Crippen molar-refractivity contribution in [3.8, 4) is 0 Å². The Morgan fingerprint density at radius 2 is 2.18 bits per heavy atom. The van der Waals surface area contributed by atoms with Crippen molar-refractivity contribution in [2.75, 3.05) is 23.8 Å². The molecule has 7 heteroatoms. The lowest BCUT2D eigenvalue weighted by atomic mass is 10.2. The summed E-state index contributed by atoms with van der Waals surface area (Å²) in [7, 11) is 0. The van der Waals surface area contributed by atoms with Crippen molar-refractivity contribution in [1.82, 2.24) is 5.32 Å². The van der Waals surface area contributed by atoms with Gasteiger partial charge in [-0.1, -0.05) is 6.07 Å². The molecule has 1 unspecified atom stereocenters. The minimum absolute atomic E-state index is 0.0742. The van der Waals surface area contributed by atoms with Gasteiger partial charge in [-0.05, 0) is 31.0 Å². The standard InChI is InChI=1S/C15H19N3O4/c1-10(19)18(12-5-2-4-11(16)8-12)15(21)14(20)17-9-13-6-3-7-22-13/h2,4-5,8,13H,3,6-7,9,16H2,1H3,(H,17,20). The van der Waals surface area contributed by atoms with Gasteiger partial charge in [-0.15, -0.1) is 0 Å². The summed E-state index contributed by atoms with van der Waals surface area (Å²) in [6.45, 7) is 2.14. The summed E-state index contributed by atoms with van der Waals surface area (Å²) < 4.78 is 5.37. The number of ether oxygens (including phenoxy) is 1. The number of carbonyl (C=O) groups excluding carboxylic acids is 3. The van der Waals surface area contributed by atoms with Gasteiger partial charge in [0.2, 0.25) is 5.91 Å². The summed E-state index contributed by atoms with van der Waals surface area (Å²) in [6, 6.07) is 6.25. The molecule has 22 heavy (non-hydrogen) atoms. The van der Waals surface area contributed by atoms with Gasteiger partial charge in [-0.3, -0.25) is 14.4 Å². The topological polar surface area (TPSA) is 102 Å². The lowest BCUT2D eigenvalue weighted by Gasteiger charge is -2.19. The van der Waals surface area contributed by atoms with Crippen LogP contribution in [0.2, 0.25) is 0 Å². The minimum Gasteiger partial charge on any atom is -0.399 e. The molecule has 0 aliphatic carbocycles. The molecule has 0 aromatic heterocycles. The highest BCUT2D eigenvalue weighted by Crippen LogP contribution is 2.18. The summed E-state index contributed by atoms with van der Waals surface area (Å²) in [4.78, 5) is 36.7. The Bertz CT molecular complexity index is 582. The summed E-state index contributed by atoms with van der Waals surface area (Å²) in [6.07, 6.45) is 1.71. The lowest BCUT2D eigenvalue weighted by molar-refractivity contribution is -0.139. The van der Waals surface area contributed by atoms with Crippen molar-refractivity contribution in [2.24, 2.45) is 0 Å². The number of benzene rings is 1. The zero-order valence-corrected chi connectivity index (χ0v) is 12.4. The number of nitrogens with two attached hydrogens (primary N) is 1. The fraction of sp³-hybridized carbons (Fsp3) is 0.400. The van der Waals surface area contributed by atoms with E-state index in [1.165, 1.54) is 13.0 Å². The van der Waals surface area contributed by atoms with E-state index in [4.69, 9.17) is 10.5 Å². The van der Waals surface area contributed by atoms with Crippen LogP contribution in [0.25, 0.3) is 0 Å². The van der Waals surface area contributed by atoms with E-state index >= 15 is 0 Å². The second kappa shape index (κ2) is 7.04. The zero-order valence-electron chi connectivity index (χ0n) is 12.4. The van der Waals surface area contributed by atoms with Crippen molar-refractivity contribution in [2.45, 2.75) is 25.9 Å². The largest absolute Gasteiger partial charge is 0.399 e. The van der Waals surface area contributed by atoms with E-state index in [1.54, 1.807) is 18.2 Å². The lowest BCUT2D eigenvalue weighted by Crippen LogP contribution is -2.47. The van der Waals surface area contributed by atoms with Crippen molar-refractivity contribution in [1.29, 1.82) is 0 Å². The number of imide groups is 1. The maximum Gasteiger partial charge on any atom is 0.323 e. The highest BCUT2D eigenvalue weighted by Gasteiger charge is 2.27. The van der Waals surface area contributed by atoms with E-state index in [1.807, 2.05) is 0 Å². The van der Waals surface area contributed by atoms with Crippen LogP contribution in [0.5, 0.6) is 0 Å².